The Bertz CT molecular complexity index is 632. The Hall–Kier alpha value is -2.08. The Morgan fingerprint density at radius 2 is 2.10 bits per heavy atom. The summed E-state index contributed by atoms with van der Waals surface area (Å²) >= 11 is 3.37. The standard InChI is InChI=1S/C14H14BrN3O2/c1-16-11-5-6-17-8-10(11)14(19)18-12-7-9(15)3-4-13(12)20-2/h3-8H,1-2H3,(H,16,17)(H,18,19). The predicted octanol–water partition coefficient (Wildman–Crippen LogP) is 3.15. The maximum Gasteiger partial charge on any atom is 0.259 e. The number of rotatable bonds is 4. The average molecular weight is 336 g/mol. The van der Waals surface area contributed by atoms with Crippen LogP contribution in [0.15, 0.2) is 41.1 Å². The van der Waals surface area contributed by atoms with Crippen LogP contribution in [0.3, 0.4) is 0 Å². The van der Waals surface area contributed by atoms with Crippen LogP contribution < -0.4 is 15.4 Å². The SMILES string of the molecule is CNc1ccncc1C(=O)Nc1cc(Br)ccc1OC. The van der Waals surface area contributed by atoms with E-state index < -0.39 is 0 Å². The zero-order valence-electron chi connectivity index (χ0n) is 11.1. The molecule has 20 heavy (non-hydrogen) atoms. The van der Waals surface area contributed by atoms with Crippen LogP contribution in [0.1, 0.15) is 10.4 Å². The number of amides is 1. The Balaban J connectivity index is 2.30. The van der Waals surface area contributed by atoms with Gasteiger partial charge in [0.05, 0.1) is 18.4 Å². The van der Waals surface area contributed by atoms with Gasteiger partial charge in [0.25, 0.3) is 5.91 Å². The fourth-order valence-corrected chi connectivity index (χ4v) is 2.12. The molecule has 0 aliphatic heterocycles. The summed E-state index contributed by atoms with van der Waals surface area (Å²) in [7, 11) is 3.31. The lowest BCUT2D eigenvalue weighted by Gasteiger charge is -2.12. The highest BCUT2D eigenvalue weighted by Crippen LogP contribution is 2.28. The molecule has 2 N–H and O–H groups in total. The first-order valence-electron chi connectivity index (χ1n) is 5.92. The molecule has 0 fully saturated rings. The van der Waals surface area contributed by atoms with Crippen molar-refractivity contribution in [1.82, 2.24) is 4.98 Å². The van der Waals surface area contributed by atoms with Gasteiger partial charge in [-0.15, -0.1) is 0 Å². The number of anilines is 2. The van der Waals surface area contributed by atoms with Crippen molar-refractivity contribution in [1.29, 1.82) is 0 Å². The third-order valence-electron chi connectivity index (χ3n) is 2.74. The van der Waals surface area contributed by atoms with E-state index in [4.69, 9.17) is 4.74 Å². The van der Waals surface area contributed by atoms with Crippen molar-refractivity contribution < 1.29 is 9.53 Å². The van der Waals surface area contributed by atoms with Gasteiger partial charge in [0, 0.05) is 29.6 Å². The van der Waals surface area contributed by atoms with Crippen LogP contribution >= 0.6 is 15.9 Å². The number of ether oxygens (including phenoxy) is 1. The fraction of sp³-hybridized carbons (Fsp3) is 0.143. The van der Waals surface area contributed by atoms with Crippen molar-refractivity contribution in [3.8, 4) is 5.75 Å². The molecule has 0 radical (unpaired) electrons. The number of benzene rings is 1. The first kappa shape index (κ1) is 14.3. The summed E-state index contributed by atoms with van der Waals surface area (Å²) in [6.45, 7) is 0. The van der Waals surface area contributed by atoms with E-state index in [1.54, 1.807) is 38.6 Å². The molecule has 6 heteroatoms. The summed E-state index contributed by atoms with van der Waals surface area (Å²) in [4.78, 5) is 16.3. The first-order valence-corrected chi connectivity index (χ1v) is 6.71. The topological polar surface area (TPSA) is 63.2 Å². The number of hydrogen-bond acceptors (Lipinski definition) is 4. The number of carbonyl (C=O) groups is 1. The molecule has 0 saturated heterocycles. The Morgan fingerprint density at radius 1 is 1.30 bits per heavy atom. The van der Waals surface area contributed by atoms with Gasteiger partial charge in [-0.3, -0.25) is 9.78 Å². The lowest BCUT2D eigenvalue weighted by molar-refractivity contribution is 0.102. The molecular formula is C14H14BrN3O2. The second-order valence-corrected chi connectivity index (χ2v) is 4.89. The van der Waals surface area contributed by atoms with Crippen LogP contribution in [-0.2, 0) is 0 Å². The van der Waals surface area contributed by atoms with E-state index in [2.05, 4.69) is 31.5 Å². The van der Waals surface area contributed by atoms with Gasteiger partial charge in [-0.05, 0) is 24.3 Å². The molecule has 2 aromatic rings. The summed E-state index contributed by atoms with van der Waals surface area (Å²) in [5.74, 6) is 0.343. The molecule has 5 nitrogen and oxygen atoms in total. The fourth-order valence-electron chi connectivity index (χ4n) is 1.76. The monoisotopic (exact) mass is 335 g/mol. The number of methoxy groups -OCH3 is 1. The van der Waals surface area contributed by atoms with E-state index in [1.807, 2.05) is 6.07 Å². The molecule has 0 bridgehead atoms. The predicted molar refractivity (Wildman–Crippen MR) is 82.4 cm³/mol. The van der Waals surface area contributed by atoms with E-state index in [0.29, 0.717) is 22.7 Å². The van der Waals surface area contributed by atoms with Crippen molar-refractivity contribution in [2.45, 2.75) is 0 Å². The molecule has 0 aliphatic rings. The molecule has 0 aliphatic carbocycles. The molecule has 1 aromatic heterocycles. The van der Waals surface area contributed by atoms with Gasteiger partial charge < -0.3 is 15.4 Å². The van der Waals surface area contributed by atoms with Crippen LogP contribution in [0.2, 0.25) is 0 Å². The minimum Gasteiger partial charge on any atom is -0.495 e. The van der Waals surface area contributed by atoms with Crippen molar-refractivity contribution in [2.24, 2.45) is 0 Å². The van der Waals surface area contributed by atoms with Gasteiger partial charge >= 0.3 is 0 Å². The zero-order chi connectivity index (χ0) is 14.5. The maximum absolute atomic E-state index is 12.3. The van der Waals surface area contributed by atoms with Crippen LogP contribution in [0, 0.1) is 0 Å². The Kier molecular flexibility index (Phi) is 4.57. The van der Waals surface area contributed by atoms with E-state index >= 15 is 0 Å². The number of aromatic nitrogens is 1. The number of hydrogen-bond donors (Lipinski definition) is 2. The van der Waals surface area contributed by atoms with Gasteiger partial charge in [0.2, 0.25) is 0 Å². The van der Waals surface area contributed by atoms with Crippen LogP contribution in [0.4, 0.5) is 11.4 Å². The number of carbonyl (C=O) groups excluding carboxylic acids is 1. The molecule has 0 saturated carbocycles. The lowest BCUT2D eigenvalue weighted by atomic mass is 10.2. The van der Waals surface area contributed by atoms with Crippen LogP contribution in [0.5, 0.6) is 5.75 Å². The summed E-state index contributed by atoms with van der Waals surface area (Å²) in [6.07, 6.45) is 3.15. The summed E-state index contributed by atoms with van der Waals surface area (Å²) < 4.78 is 6.08. The molecular weight excluding hydrogens is 322 g/mol. The second-order valence-electron chi connectivity index (χ2n) is 3.97. The average Bonchev–Trinajstić information content (AvgIpc) is 2.47. The molecule has 1 aromatic carbocycles. The zero-order valence-corrected chi connectivity index (χ0v) is 12.7. The van der Waals surface area contributed by atoms with Crippen molar-refractivity contribution in [3.63, 3.8) is 0 Å². The highest BCUT2D eigenvalue weighted by Gasteiger charge is 2.13. The highest BCUT2D eigenvalue weighted by atomic mass is 79.9. The minimum absolute atomic E-state index is 0.251. The quantitative estimate of drug-likeness (QED) is 0.900. The van der Waals surface area contributed by atoms with Gasteiger partial charge in [-0.2, -0.15) is 0 Å². The maximum atomic E-state index is 12.3. The summed E-state index contributed by atoms with van der Waals surface area (Å²) in [5.41, 5.74) is 1.78. The Morgan fingerprint density at radius 3 is 2.80 bits per heavy atom. The van der Waals surface area contributed by atoms with Gasteiger partial charge in [-0.1, -0.05) is 15.9 Å². The van der Waals surface area contributed by atoms with Gasteiger partial charge in [-0.25, -0.2) is 0 Å². The van der Waals surface area contributed by atoms with Crippen LogP contribution in [-0.4, -0.2) is 25.0 Å². The molecule has 0 spiro atoms. The number of pyridine rings is 1. The largest absolute Gasteiger partial charge is 0.495 e. The van der Waals surface area contributed by atoms with Crippen molar-refractivity contribution in [2.75, 3.05) is 24.8 Å². The molecule has 1 amide bonds. The van der Waals surface area contributed by atoms with E-state index in [-0.39, 0.29) is 5.91 Å². The van der Waals surface area contributed by atoms with E-state index in [9.17, 15) is 4.79 Å². The number of halogens is 1. The molecule has 0 atom stereocenters. The molecule has 104 valence electrons. The van der Waals surface area contributed by atoms with Crippen molar-refractivity contribution >= 4 is 33.2 Å². The van der Waals surface area contributed by atoms with E-state index in [0.717, 1.165) is 4.47 Å². The van der Waals surface area contributed by atoms with Gasteiger partial charge in [0.1, 0.15) is 5.75 Å². The molecule has 0 unspecified atom stereocenters. The van der Waals surface area contributed by atoms with Gasteiger partial charge in [0.15, 0.2) is 0 Å². The van der Waals surface area contributed by atoms with Crippen molar-refractivity contribution in [3.05, 3.63) is 46.7 Å². The van der Waals surface area contributed by atoms with E-state index in [1.165, 1.54) is 6.20 Å². The molecule has 1 heterocycles. The normalized spacial score (nSPS) is 9.95. The second kappa shape index (κ2) is 6.38. The summed E-state index contributed by atoms with van der Waals surface area (Å²) in [6, 6.07) is 7.15. The first-order chi connectivity index (χ1) is 9.65. The minimum atomic E-state index is -0.251. The third kappa shape index (κ3) is 3.08. The third-order valence-corrected chi connectivity index (χ3v) is 3.24. The number of nitrogens with one attached hydrogen (secondary N) is 2. The summed E-state index contributed by atoms with van der Waals surface area (Å²) in [5, 5.41) is 5.78. The lowest BCUT2D eigenvalue weighted by Crippen LogP contribution is -2.15. The number of nitrogens with zero attached hydrogens (tertiary/aromatic N) is 1. The highest BCUT2D eigenvalue weighted by molar-refractivity contribution is 9.10. The van der Waals surface area contributed by atoms with Crippen LogP contribution in [0.25, 0.3) is 0 Å². The smallest absolute Gasteiger partial charge is 0.259 e. The molecule has 2 rings (SSSR count). The Labute approximate surface area is 125 Å².